The Balaban J connectivity index is 2.12. The van der Waals surface area contributed by atoms with Crippen LogP contribution in [0.3, 0.4) is 0 Å². The lowest BCUT2D eigenvalue weighted by molar-refractivity contribution is -0.115. The molecule has 0 aliphatic carbocycles. The number of nitrogens with one attached hydrogen (secondary N) is 2. The Labute approximate surface area is 173 Å². The predicted molar refractivity (Wildman–Crippen MR) is 115 cm³/mol. The Hall–Kier alpha value is -2.42. The van der Waals surface area contributed by atoms with Crippen molar-refractivity contribution in [3.8, 4) is 5.75 Å². The fourth-order valence-electron chi connectivity index (χ4n) is 2.96. The SMILES string of the molecule is COc1ccc(NC(=O)CN[C@H](c2ccccc2)C(C)C)cc1S(=O)(=O)N(C)C. The molecule has 2 N–H and O–H groups in total. The lowest BCUT2D eigenvalue weighted by Gasteiger charge is -2.23. The van der Waals surface area contributed by atoms with Gasteiger partial charge >= 0.3 is 0 Å². The van der Waals surface area contributed by atoms with Gasteiger partial charge in [0.05, 0.1) is 13.7 Å². The van der Waals surface area contributed by atoms with Gasteiger partial charge in [0.25, 0.3) is 0 Å². The highest BCUT2D eigenvalue weighted by Gasteiger charge is 2.23. The van der Waals surface area contributed by atoms with Gasteiger partial charge < -0.3 is 15.4 Å². The van der Waals surface area contributed by atoms with E-state index in [-0.39, 0.29) is 29.1 Å². The Morgan fingerprint density at radius 3 is 2.31 bits per heavy atom. The molecule has 0 saturated heterocycles. The third kappa shape index (κ3) is 5.79. The minimum absolute atomic E-state index is 0.0000942. The van der Waals surface area contributed by atoms with E-state index in [1.165, 1.54) is 33.3 Å². The summed E-state index contributed by atoms with van der Waals surface area (Å²) < 4.78 is 31.3. The molecule has 0 fully saturated rings. The monoisotopic (exact) mass is 419 g/mol. The molecule has 2 rings (SSSR count). The third-order valence-electron chi connectivity index (χ3n) is 4.51. The second-order valence-corrected chi connectivity index (χ2v) is 9.33. The van der Waals surface area contributed by atoms with Crippen LogP contribution in [0, 0.1) is 5.92 Å². The number of ether oxygens (including phenoxy) is 1. The molecule has 0 aliphatic heterocycles. The number of hydrogen-bond donors (Lipinski definition) is 2. The molecule has 7 nitrogen and oxygen atoms in total. The van der Waals surface area contributed by atoms with Gasteiger partial charge in [-0.05, 0) is 29.7 Å². The summed E-state index contributed by atoms with van der Waals surface area (Å²) in [6, 6.07) is 14.5. The minimum atomic E-state index is -3.71. The molecule has 0 heterocycles. The van der Waals surface area contributed by atoms with E-state index in [0.717, 1.165) is 9.87 Å². The average molecular weight is 420 g/mol. The highest BCUT2D eigenvalue weighted by molar-refractivity contribution is 7.89. The number of sulfonamides is 1. The van der Waals surface area contributed by atoms with Gasteiger partial charge in [0.2, 0.25) is 15.9 Å². The van der Waals surface area contributed by atoms with Crippen LogP contribution in [0.1, 0.15) is 25.5 Å². The number of hydrogen-bond acceptors (Lipinski definition) is 5. The summed E-state index contributed by atoms with van der Waals surface area (Å²) in [7, 11) is 0.583. The van der Waals surface area contributed by atoms with Crippen molar-refractivity contribution in [2.75, 3.05) is 33.1 Å². The molecule has 0 saturated carbocycles. The van der Waals surface area contributed by atoms with Crippen LogP contribution in [0.2, 0.25) is 0 Å². The highest BCUT2D eigenvalue weighted by atomic mass is 32.2. The molecular formula is C21H29N3O4S. The summed E-state index contributed by atoms with van der Waals surface area (Å²) in [5.41, 5.74) is 1.50. The smallest absolute Gasteiger partial charge is 0.246 e. The maximum absolute atomic E-state index is 12.5. The molecule has 1 atom stereocenters. The normalized spacial score (nSPS) is 12.8. The maximum Gasteiger partial charge on any atom is 0.246 e. The number of carbonyl (C=O) groups is 1. The van der Waals surface area contributed by atoms with Crippen molar-refractivity contribution < 1.29 is 17.9 Å². The molecule has 0 unspecified atom stereocenters. The van der Waals surface area contributed by atoms with Gasteiger partial charge in [0.15, 0.2) is 0 Å². The van der Waals surface area contributed by atoms with Crippen LogP contribution < -0.4 is 15.4 Å². The topological polar surface area (TPSA) is 87.7 Å². The van der Waals surface area contributed by atoms with Gasteiger partial charge in [-0.25, -0.2) is 12.7 Å². The summed E-state index contributed by atoms with van der Waals surface area (Å²) in [5.74, 6) is 0.256. The molecule has 0 aliphatic rings. The summed E-state index contributed by atoms with van der Waals surface area (Å²) in [6.45, 7) is 4.27. The van der Waals surface area contributed by atoms with E-state index in [9.17, 15) is 13.2 Å². The molecule has 0 bridgehead atoms. The van der Waals surface area contributed by atoms with Crippen molar-refractivity contribution in [2.45, 2.75) is 24.8 Å². The van der Waals surface area contributed by atoms with Gasteiger partial charge in [-0.2, -0.15) is 0 Å². The molecule has 2 aromatic rings. The van der Waals surface area contributed by atoms with E-state index in [1.54, 1.807) is 6.07 Å². The molecule has 158 valence electrons. The van der Waals surface area contributed by atoms with E-state index in [1.807, 2.05) is 30.3 Å². The Morgan fingerprint density at radius 2 is 1.76 bits per heavy atom. The Morgan fingerprint density at radius 1 is 1.10 bits per heavy atom. The lowest BCUT2D eigenvalue weighted by Crippen LogP contribution is -2.33. The van der Waals surface area contributed by atoms with E-state index < -0.39 is 10.0 Å². The van der Waals surface area contributed by atoms with Crippen molar-refractivity contribution in [3.05, 3.63) is 54.1 Å². The van der Waals surface area contributed by atoms with E-state index >= 15 is 0 Å². The third-order valence-corrected chi connectivity index (χ3v) is 6.35. The standard InChI is InChI=1S/C21H29N3O4S/c1-15(2)21(16-9-7-6-8-10-16)22-14-20(25)23-17-11-12-18(28-5)19(13-17)29(26,27)24(3)4/h6-13,15,21-22H,14H2,1-5H3,(H,23,25)/t21-/m0/s1. The number of amides is 1. The first-order valence-corrected chi connectivity index (χ1v) is 10.8. The molecule has 0 spiro atoms. The van der Waals surface area contributed by atoms with Crippen molar-refractivity contribution in [1.29, 1.82) is 0 Å². The summed E-state index contributed by atoms with van der Waals surface area (Å²) in [4.78, 5) is 12.5. The van der Waals surface area contributed by atoms with Crippen LogP contribution in [0.5, 0.6) is 5.75 Å². The van der Waals surface area contributed by atoms with Gasteiger partial charge in [0.1, 0.15) is 10.6 Å². The van der Waals surface area contributed by atoms with E-state index in [0.29, 0.717) is 11.6 Å². The van der Waals surface area contributed by atoms with Gasteiger partial charge in [-0.1, -0.05) is 44.2 Å². The summed E-state index contributed by atoms with van der Waals surface area (Å²) in [5, 5.41) is 6.03. The number of methoxy groups -OCH3 is 1. The number of nitrogens with zero attached hydrogens (tertiary/aromatic N) is 1. The molecule has 1 amide bonds. The average Bonchev–Trinajstić information content (AvgIpc) is 2.68. The quantitative estimate of drug-likeness (QED) is 0.653. The number of rotatable bonds is 9. The predicted octanol–water partition coefficient (Wildman–Crippen LogP) is 2.87. The lowest BCUT2D eigenvalue weighted by atomic mass is 9.96. The van der Waals surface area contributed by atoms with Crippen LogP contribution in [-0.2, 0) is 14.8 Å². The van der Waals surface area contributed by atoms with Gasteiger partial charge in [0, 0.05) is 25.8 Å². The first-order chi connectivity index (χ1) is 13.7. The molecule has 0 radical (unpaired) electrons. The fraction of sp³-hybridized carbons (Fsp3) is 0.381. The van der Waals surface area contributed by atoms with Gasteiger partial charge in [-0.15, -0.1) is 0 Å². The number of carbonyl (C=O) groups excluding carboxylic acids is 1. The first kappa shape index (κ1) is 22.9. The Kier molecular flexibility index (Phi) is 7.78. The molecular weight excluding hydrogens is 390 g/mol. The molecule has 8 heteroatoms. The second kappa shape index (κ2) is 9.87. The molecule has 0 aromatic heterocycles. The van der Waals surface area contributed by atoms with Crippen molar-refractivity contribution >= 4 is 21.6 Å². The van der Waals surface area contributed by atoms with Crippen LogP contribution >= 0.6 is 0 Å². The number of benzene rings is 2. The summed E-state index contributed by atoms with van der Waals surface area (Å²) >= 11 is 0. The fourth-order valence-corrected chi connectivity index (χ4v) is 4.03. The maximum atomic E-state index is 12.5. The Bertz CT molecular complexity index is 928. The van der Waals surface area contributed by atoms with Crippen LogP contribution in [0.4, 0.5) is 5.69 Å². The zero-order chi connectivity index (χ0) is 21.6. The van der Waals surface area contributed by atoms with E-state index in [2.05, 4.69) is 24.5 Å². The van der Waals surface area contributed by atoms with Crippen molar-refractivity contribution in [2.24, 2.45) is 5.92 Å². The minimum Gasteiger partial charge on any atom is -0.495 e. The van der Waals surface area contributed by atoms with Crippen LogP contribution in [-0.4, -0.2) is 46.4 Å². The first-order valence-electron chi connectivity index (χ1n) is 9.35. The molecule has 2 aromatic carbocycles. The highest BCUT2D eigenvalue weighted by Crippen LogP contribution is 2.29. The van der Waals surface area contributed by atoms with Crippen LogP contribution in [0.25, 0.3) is 0 Å². The van der Waals surface area contributed by atoms with Gasteiger partial charge in [-0.3, -0.25) is 4.79 Å². The van der Waals surface area contributed by atoms with Crippen molar-refractivity contribution in [1.82, 2.24) is 9.62 Å². The van der Waals surface area contributed by atoms with Crippen molar-refractivity contribution in [3.63, 3.8) is 0 Å². The zero-order valence-corrected chi connectivity index (χ0v) is 18.3. The summed E-state index contributed by atoms with van der Waals surface area (Å²) in [6.07, 6.45) is 0. The zero-order valence-electron chi connectivity index (χ0n) is 17.5. The second-order valence-electron chi connectivity index (χ2n) is 7.21. The van der Waals surface area contributed by atoms with Crippen LogP contribution in [0.15, 0.2) is 53.4 Å². The number of anilines is 1. The molecule has 29 heavy (non-hydrogen) atoms. The largest absolute Gasteiger partial charge is 0.495 e. The van der Waals surface area contributed by atoms with E-state index in [4.69, 9.17) is 4.74 Å².